The number of hydrogen-bond donors (Lipinski definition) is 0. The second-order valence-electron chi connectivity index (χ2n) is 3.60. The van der Waals surface area contributed by atoms with Gasteiger partial charge in [-0.15, -0.1) is 0 Å². The molecular weight excluding hydrogens is 162 g/mol. The molecule has 0 N–H and O–H groups in total. The van der Waals surface area contributed by atoms with E-state index in [4.69, 9.17) is 0 Å². The average Bonchev–Trinajstić information content (AvgIpc) is 2.04. The normalized spacial score (nSPS) is 11.2. The number of nitrogens with zero attached hydrogens (tertiary/aromatic N) is 1. The first-order valence-electron chi connectivity index (χ1n) is 4.38. The van der Waals surface area contributed by atoms with Gasteiger partial charge in [-0.3, -0.25) is 4.98 Å². The Morgan fingerprint density at radius 2 is 1.92 bits per heavy atom. The van der Waals surface area contributed by atoms with Crippen LogP contribution in [0.25, 0.3) is 0 Å². The highest BCUT2D eigenvalue weighted by molar-refractivity contribution is 6.69. The molecule has 0 unspecified atom stereocenters. The van der Waals surface area contributed by atoms with Gasteiger partial charge in [0.25, 0.3) is 0 Å². The van der Waals surface area contributed by atoms with Gasteiger partial charge in [0, 0.05) is 11.0 Å². The van der Waals surface area contributed by atoms with E-state index in [0.29, 0.717) is 5.92 Å². The molecular formula is C10H16NSi. The van der Waals surface area contributed by atoms with E-state index in [0.717, 1.165) is 0 Å². The zero-order valence-corrected chi connectivity index (χ0v) is 9.26. The Hall–Kier alpha value is -0.633. The molecule has 2 heteroatoms. The molecule has 0 saturated heterocycles. The maximum atomic E-state index is 4.62. The summed E-state index contributed by atoms with van der Waals surface area (Å²) in [5.74, 6) is 0.547. The van der Waals surface area contributed by atoms with Crippen LogP contribution in [0.15, 0.2) is 18.2 Å². The van der Waals surface area contributed by atoms with Gasteiger partial charge in [-0.05, 0) is 18.1 Å². The Morgan fingerprint density at radius 3 is 2.42 bits per heavy atom. The van der Waals surface area contributed by atoms with Crippen LogP contribution < -0.4 is 5.32 Å². The summed E-state index contributed by atoms with van der Waals surface area (Å²) in [6.07, 6.45) is 0. The molecule has 0 amide bonds. The molecule has 65 valence electrons. The van der Waals surface area contributed by atoms with Crippen molar-refractivity contribution >= 4 is 14.1 Å². The Balaban J connectivity index is 2.96. The lowest BCUT2D eigenvalue weighted by molar-refractivity contribution is 0.827. The summed E-state index contributed by atoms with van der Waals surface area (Å²) in [5.41, 5.74) is 1.22. The smallest absolute Gasteiger partial charge is 0.104 e. The van der Waals surface area contributed by atoms with Gasteiger partial charge in [-0.2, -0.15) is 0 Å². The maximum absolute atomic E-state index is 4.62. The molecule has 0 aliphatic carbocycles. The summed E-state index contributed by atoms with van der Waals surface area (Å²) in [4.78, 5) is 4.62. The zero-order chi connectivity index (χ0) is 9.14. The van der Waals surface area contributed by atoms with E-state index in [1.54, 1.807) is 0 Å². The Labute approximate surface area is 76.5 Å². The van der Waals surface area contributed by atoms with Gasteiger partial charge in [-0.1, -0.05) is 33.0 Å². The molecule has 1 heterocycles. The molecule has 0 aliphatic heterocycles. The first-order valence-corrected chi connectivity index (χ1v) is 6.88. The van der Waals surface area contributed by atoms with E-state index < -0.39 is 0 Å². The SMILES string of the molecule is CC(C)c1cccc([Si](C)C)n1. The zero-order valence-electron chi connectivity index (χ0n) is 8.26. The minimum Gasteiger partial charge on any atom is -0.263 e. The summed E-state index contributed by atoms with van der Waals surface area (Å²) in [7, 11) is -0.378. The van der Waals surface area contributed by atoms with Gasteiger partial charge in [-0.25, -0.2) is 0 Å². The number of hydrogen-bond acceptors (Lipinski definition) is 1. The number of rotatable bonds is 2. The van der Waals surface area contributed by atoms with Gasteiger partial charge < -0.3 is 0 Å². The third-order valence-corrected chi connectivity index (χ3v) is 3.18. The molecule has 0 aromatic carbocycles. The highest BCUT2D eigenvalue weighted by Gasteiger charge is 2.05. The fourth-order valence-electron chi connectivity index (χ4n) is 1.05. The molecule has 0 spiro atoms. The van der Waals surface area contributed by atoms with Crippen LogP contribution in [-0.2, 0) is 0 Å². The third kappa shape index (κ3) is 2.17. The van der Waals surface area contributed by atoms with Crippen LogP contribution >= 0.6 is 0 Å². The summed E-state index contributed by atoms with van der Waals surface area (Å²) in [6.45, 7) is 8.92. The molecule has 1 radical (unpaired) electrons. The number of pyridine rings is 1. The van der Waals surface area contributed by atoms with Crippen molar-refractivity contribution in [2.45, 2.75) is 32.9 Å². The van der Waals surface area contributed by atoms with E-state index in [1.165, 1.54) is 11.0 Å². The molecule has 0 saturated carbocycles. The molecule has 1 aromatic heterocycles. The van der Waals surface area contributed by atoms with Crippen LogP contribution in [0.1, 0.15) is 25.5 Å². The van der Waals surface area contributed by atoms with Crippen LogP contribution in [0.4, 0.5) is 0 Å². The fourth-order valence-corrected chi connectivity index (χ4v) is 1.83. The van der Waals surface area contributed by atoms with Gasteiger partial charge in [0.2, 0.25) is 0 Å². The summed E-state index contributed by atoms with van der Waals surface area (Å²) in [5, 5.41) is 1.30. The van der Waals surface area contributed by atoms with Crippen molar-refractivity contribution in [2.24, 2.45) is 0 Å². The van der Waals surface area contributed by atoms with Crippen molar-refractivity contribution in [1.29, 1.82) is 0 Å². The lowest BCUT2D eigenvalue weighted by Gasteiger charge is -2.07. The minimum atomic E-state index is -0.378. The van der Waals surface area contributed by atoms with Crippen molar-refractivity contribution in [1.82, 2.24) is 4.98 Å². The Bertz CT molecular complexity index is 233. The quantitative estimate of drug-likeness (QED) is 0.632. The van der Waals surface area contributed by atoms with Gasteiger partial charge >= 0.3 is 0 Å². The third-order valence-electron chi connectivity index (χ3n) is 1.87. The molecule has 0 fully saturated rings. The van der Waals surface area contributed by atoms with Crippen molar-refractivity contribution < 1.29 is 0 Å². The largest absolute Gasteiger partial charge is 0.263 e. The van der Waals surface area contributed by atoms with Crippen LogP contribution in [0.3, 0.4) is 0 Å². The van der Waals surface area contributed by atoms with E-state index >= 15 is 0 Å². The van der Waals surface area contributed by atoms with Gasteiger partial charge in [0.1, 0.15) is 8.80 Å². The first-order chi connectivity index (χ1) is 5.61. The van der Waals surface area contributed by atoms with Gasteiger partial charge in [0.05, 0.1) is 0 Å². The standard InChI is InChI=1S/C10H16NSi/c1-8(2)9-6-5-7-10(11-9)12(3)4/h5-8H,1-4H3. The van der Waals surface area contributed by atoms with Crippen LogP contribution in [0.2, 0.25) is 13.1 Å². The Kier molecular flexibility index (Phi) is 3.03. The summed E-state index contributed by atoms with van der Waals surface area (Å²) in [6, 6.07) is 6.37. The first kappa shape index (κ1) is 9.45. The molecule has 1 aromatic rings. The van der Waals surface area contributed by atoms with Crippen LogP contribution in [0.5, 0.6) is 0 Å². The van der Waals surface area contributed by atoms with Crippen molar-refractivity contribution in [3.05, 3.63) is 23.9 Å². The van der Waals surface area contributed by atoms with Crippen molar-refractivity contribution in [2.75, 3.05) is 0 Å². The average molecular weight is 178 g/mol. The monoisotopic (exact) mass is 178 g/mol. The predicted molar refractivity (Wildman–Crippen MR) is 55.4 cm³/mol. The van der Waals surface area contributed by atoms with E-state index in [-0.39, 0.29) is 8.80 Å². The molecule has 0 aliphatic rings. The van der Waals surface area contributed by atoms with Crippen molar-refractivity contribution in [3.63, 3.8) is 0 Å². The van der Waals surface area contributed by atoms with E-state index in [9.17, 15) is 0 Å². The van der Waals surface area contributed by atoms with E-state index in [2.05, 4.69) is 50.1 Å². The molecule has 12 heavy (non-hydrogen) atoms. The topological polar surface area (TPSA) is 12.9 Å². The number of aromatic nitrogens is 1. The molecule has 0 bridgehead atoms. The van der Waals surface area contributed by atoms with Crippen LogP contribution in [0, 0.1) is 0 Å². The minimum absolute atomic E-state index is 0.378. The van der Waals surface area contributed by atoms with E-state index in [1.807, 2.05) is 0 Å². The fraction of sp³-hybridized carbons (Fsp3) is 0.500. The highest BCUT2D eigenvalue weighted by atomic mass is 28.3. The second-order valence-corrected chi connectivity index (χ2v) is 6.11. The maximum Gasteiger partial charge on any atom is 0.104 e. The highest BCUT2D eigenvalue weighted by Crippen LogP contribution is 2.08. The lowest BCUT2D eigenvalue weighted by atomic mass is 10.1. The van der Waals surface area contributed by atoms with Crippen LogP contribution in [-0.4, -0.2) is 13.8 Å². The molecule has 1 nitrogen and oxygen atoms in total. The predicted octanol–water partition coefficient (Wildman–Crippen LogP) is 2.17. The second kappa shape index (κ2) is 3.85. The lowest BCUT2D eigenvalue weighted by Crippen LogP contribution is -2.26. The van der Waals surface area contributed by atoms with Crippen molar-refractivity contribution in [3.8, 4) is 0 Å². The summed E-state index contributed by atoms with van der Waals surface area (Å²) >= 11 is 0. The Morgan fingerprint density at radius 1 is 1.25 bits per heavy atom. The molecule has 1 rings (SSSR count). The summed E-state index contributed by atoms with van der Waals surface area (Å²) < 4.78 is 0. The molecule has 0 atom stereocenters. The van der Waals surface area contributed by atoms with Gasteiger partial charge in [0.15, 0.2) is 0 Å².